The first-order valence-electron chi connectivity index (χ1n) is 12.9. The lowest BCUT2D eigenvalue weighted by molar-refractivity contribution is 0.0688. The summed E-state index contributed by atoms with van der Waals surface area (Å²) < 4.78 is 42.8. The fourth-order valence-corrected chi connectivity index (χ4v) is 5.39. The number of alkyl carbamates (subject to hydrolysis) is 2. The smallest absolute Gasteiger partial charge is 0.407 e. The molecule has 2 N–H and O–H groups in total. The van der Waals surface area contributed by atoms with E-state index in [1.165, 1.54) is 0 Å². The van der Waals surface area contributed by atoms with Gasteiger partial charge in [-0.15, -0.1) is 0 Å². The summed E-state index contributed by atoms with van der Waals surface area (Å²) >= 11 is 0. The molecule has 0 aromatic heterocycles. The Kier molecular flexibility index (Phi) is 23.8. The van der Waals surface area contributed by atoms with Crippen LogP contribution in [0, 0.1) is 0 Å². The van der Waals surface area contributed by atoms with Gasteiger partial charge >= 0.3 is 20.7 Å². The van der Waals surface area contributed by atoms with Gasteiger partial charge in [0.05, 0.1) is 39.6 Å². The maximum absolute atomic E-state index is 11.9. The summed E-state index contributed by atoms with van der Waals surface area (Å²) in [6, 6.07) is 0.727. The number of hydrogen-bond donors (Lipinski definition) is 2. The Hall–Kier alpha value is -1.52. The largest absolute Gasteiger partial charge is 0.448 e. The lowest BCUT2D eigenvalue weighted by Crippen LogP contribution is -2.44. The van der Waals surface area contributed by atoms with Gasteiger partial charge in [-0.2, -0.15) is 0 Å². The highest BCUT2D eigenvalue weighted by atomic mass is 28.4. The molecule has 220 valence electrons. The van der Waals surface area contributed by atoms with Gasteiger partial charge in [0.2, 0.25) is 0 Å². The summed E-state index contributed by atoms with van der Waals surface area (Å²) in [5.74, 6) is 0. The molecule has 0 saturated carbocycles. The van der Waals surface area contributed by atoms with Crippen molar-refractivity contribution in [1.82, 2.24) is 15.5 Å². The van der Waals surface area contributed by atoms with Crippen molar-refractivity contribution in [2.45, 2.75) is 26.4 Å². The van der Waals surface area contributed by atoms with Gasteiger partial charge < -0.3 is 47.9 Å². The average Bonchev–Trinajstić information content (AvgIpc) is 2.86. The van der Waals surface area contributed by atoms with Crippen molar-refractivity contribution in [2.24, 2.45) is 0 Å². The van der Waals surface area contributed by atoms with Crippen molar-refractivity contribution in [2.75, 3.05) is 113 Å². The number of nitrogens with zero attached hydrogens (tertiary/aromatic N) is 1. The standard InChI is InChI=1S/C23H49N3O10Si/c1-6-35-37(5,36-7-2)21-12-26(10-15-33-22(27)24-8-13-31-19-17-29-3)11-16-34-23(28)25-9-14-32-20-18-30-4/h6-21H2,1-5H3,(H,24,27)(H,25,28). The molecule has 0 saturated heterocycles. The number of rotatable bonds is 25. The first kappa shape index (κ1) is 35.5. The number of carbonyl (C=O) groups is 2. The normalized spacial score (nSPS) is 11.5. The van der Waals surface area contributed by atoms with Gasteiger partial charge in [0.25, 0.3) is 0 Å². The molecule has 37 heavy (non-hydrogen) atoms. The number of hydrogen-bond acceptors (Lipinski definition) is 11. The molecule has 14 heteroatoms. The minimum atomic E-state index is -2.33. The number of ether oxygens (including phenoxy) is 6. The number of methoxy groups -OCH3 is 2. The quantitative estimate of drug-likeness (QED) is 0.124. The molecule has 0 rings (SSSR count). The van der Waals surface area contributed by atoms with Crippen molar-refractivity contribution >= 4 is 20.7 Å². The topological polar surface area (TPSA) is 135 Å². The van der Waals surface area contributed by atoms with E-state index in [9.17, 15) is 9.59 Å². The Morgan fingerprint density at radius 1 is 0.676 bits per heavy atom. The van der Waals surface area contributed by atoms with Gasteiger partial charge in [-0.3, -0.25) is 4.90 Å². The molecule has 0 aliphatic carbocycles. The van der Waals surface area contributed by atoms with Gasteiger partial charge in [0, 0.05) is 66.2 Å². The molecule has 0 aromatic rings. The summed E-state index contributed by atoms with van der Waals surface area (Å²) in [6.07, 6.45) is -1.03. The van der Waals surface area contributed by atoms with Crippen molar-refractivity contribution in [3.8, 4) is 0 Å². The number of carbonyl (C=O) groups excluding carboxylic acids is 2. The van der Waals surface area contributed by atoms with Crippen LogP contribution in [-0.2, 0) is 37.3 Å². The van der Waals surface area contributed by atoms with Crippen molar-refractivity contribution < 1.29 is 46.9 Å². The van der Waals surface area contributed by atoms with Crippen LogP contribution in [0.4, 0.5) is 9.59 Å². The molecule has 0 unspecified atom stereocenters. The average molecular weight is 556 g/mol. The fourth-order valence-electron chi connectivity index (χ4n) is 3.07. The molecule has 0 aromatic carbocycles. The van der Waals surface area contributed by atoms with Crippen LogP contribution in [0.2, 0.25) is 12.6 Å². The third-order valence-electron chi connectivity index (χ3n) is 4.96. The summed E-state index contributed by atoms with van der Waals surface area (Å²) in [6.45, 7) is 12.5. The molecular formula is C23H49N3O10Si. The maximum Gasteiger partial charge on any atom is 0.407 e. The Labute approximate surface area is 222 Å². The van der Waals surface area contributed by atoms with E-state index < -0.39 is 20.7 Å². The van der Waals surface area contributed by atoms with E-state index in [0.29, 0.717) is 85.6 Å². The van der Waals surface area contributed by atoms with E-state index in [2.05, 4.69) is 15.5 Å². The van der Waals surface area contributed by atoms with E-state index >= 15 is 0 Å². The van der Waals surface area contributed by atoms with Gasteiger partial charge in [0.1, 0.15) is 13.2 Å². The molecule has 0 heterocycles. The van der Waals surface area contributed by atoms with Gasteiger partial charge in [-0.25, -0.2) is 9.59 Å². The maximum atomic E-state index is 11.9. The molecule has 0 fully saturated rings. The minimum Gasteiger partial charge on any atom is -0.448 e. The highest BCUT2D eigenvalue weighted by Crippen LogP contribution is 2.14. The highest BCUT2D eigenvalue weighted by molar-refractivity contribution is 6.66. The lowest BCUT2D eigenvalue weighted by atomic mass is 10.4. The Balaban J connectivity index is 4.46. The summed E-state index contributed by atoms with van der Waals surface area (Å²) in [7, 11) is 0.873. The predicted octanol–water partition coefficient (Wildman–Crippen LogP) is 1.21. The predicted molar refractivity (Wildman–Crippen MR) is 140 cm³/mol. The molecule has 0 atom stereocenters. The SMILES string of the molecule is CCO[Si](C)(CCN(CCOC(=O)NCCOCCOC)CCOC(=O)NCCOCCOC)OCC. The first-order valence-corrected chi connectivity index (χ1v) is 15.4. The second kappa shape index (κ2) is 24.8. The molecule has 0 bridgehead atoms. The van der Waals surface area contributed by atoms with Crippen LogP contribution in [0.1, 0.15) is 13.8 Å². The number of nitrogens with one attached hydrogen (secondary N) is 2. The molecule has 2 amide bonds. The molecule has 0 aliphatic heterocycles. The zero-order valence-corrected chi connectivity index (χ0v) is 24.3. The molecule has 0 spiro atoms. The Morgan fingerprint density at radius 3 is 1.54 bits per heavy atom. The van der Waals surface area contributed by atoms with Crippen LogP contribution in [-0.4, -0.2) is 139 Å². The highest BCUT2D eigenvalue weighted by Gasteiger charge is 2.31. The lowest BCUT2D eigenvalue weighted by Gasteiger charge is -2.29. The number of amides is 2. The van der Waals surface area contributed by atoms with Crippen LogP contribution < -0.4 is 10.6 Å². The monoisotopic (exact) mass is 555 g/mol. The van der Waals surface area contributed by atoms with Crippen LogP contribution in [0.25, 0.3) is 0 Å². The van der Waals surface area contributed by atoms with Crippen molar-refractivity contribution in [1.29, 1.82) is 0 Å². The zero-order valence-electron chi connectivity index (χ0n) is 23.3. The van der Waals surface area contributed by atoms with Crippen molar-refractivity contribution in [3.05, 3.63) is 0 Å². The third kappa shape index (κ3) is 22.2. The van der Waals surface area contributed by atoms with Crippen LogP contribution in [0.3, 0.4) is 0 Å². The van der Waals surface area contributed by atoms with Crippen molar-refractivity contribution in [3.63, 3.8) is 0 Å². The second-order valence-electron chi connectivity index (χ2n) is 7.93. The molecule has 13 nitrogen and oxygen atoms in total. The van der Waals surface area contributed by atoms with E-state index in [-0.39, 0.29) is 13.2 Å². The third-order valence-corrected chi connectivity index (χ3v) is 7.89. The summed E-state index contributed by atoms with van der Waals surface area (Å²) in [5, 5.41) is 5.29. The van der Waals surface area contributed by atoms with Gasteiger partial charge in [-0.1, -0.05) is 0 Å². The fraction of sp³-hybridized carbons (Fsp3) is 0.913. The molecule has 0 radical (unpaired) electrons. The Bertz CT molecular complexity index is 523. The van der Waals surface area contributed by atoms with Crippen LogP contribution in [0.15, 0.2) is 0 Å². The van der Waals surface area contributed by atoms with E-state index in [4.69, 9.17) is 37.3 Å². The molecular weight excluding hydrogens is 506 g/mol. The first-order chi connectivity index (χ1) is 17.9. The second-order valence-corrected chi connectivity index (χ2v) is 11.3. The van der Waals surface area contributed by atoms with Gasteiger partial charge in [0.15, 0.2) is 0 Å². The summed E-state index contributed by atoms with van der Waals surface area (Å²) in [5.41, 5.74) is 0. The van der Waals surface area contributed by atoms with E-state index in [1.54, 1.807) is 14.2 Å². The zero-order chi connectivity index (χ0) is 27.6. The Morgan fingerprint density at radius 2 is 1.14 bits per heavy atom. The van der Waals surface area contributed by atoms with Crippen LogP contribution >= 0.6 is 0 Å². The van der Waals surface area contributed by atoms with Gasteiger partial charge in [-0.05, 0) is 20.4 Å². The van der Waals surface area contributed by atoms with E-state index in [0.717, 1.165) is 6.04 Å². The molecule has 0 aliphatic rings. The minimum absolute atomic E-state index is 0.183. The van der Waals surface area contributed by atoms with Crippen LogP contribution in [0.5, 0.6) is 0 Å². The van der Waals surface area contributed by atoms with E-state index in [1.807, 2.05) is 20.4 Å². The summed E-state index contributed by atoms with van der Waals surface area (Å²) in [4.78, 5) is 25.9.